The Labute approximate surface area is 172 Å². The first kappa shape index (κ1) is 21.7. The zero-order valence-electron chi connectivity index (χ0n) is 14.6. The maximum absolute atomic E-state index is 5.89. The summed E-state index contributed by atoms with van der Waals surface area (Å²) in [4.78, 5) is 4.25. The van der Waals surface area contributed by atoms with E-state index < -0.39 is 0 Å². The molecule has 0 aromatic heterocycles. The average molecular weight is 474 g/mol. The van der Waals surface area contributed by atoms with Gasteiger partial charge in [0.1, 0.15) is 0 Å². The summed E-state index contributed by atoms with van der Waals surface area (Å²) in [5, 5.41) is 7.40. The molecule has 0 aliphatic rings. The highest BCUT2D eigenvalue weighted by molar-refractivity contribution is 14.0. The van der Waals surface area contributed by atoms with Crippen LogP contribution in [0.2, 0.25) is 5.02 Å². The van der Waals surface area contributed by atoms with Gasteiger partial charge in [0.05, 0.1) is 6.61 Å². The lowest BCUT2D eigenvalue weighted by molar-refractivity contribution is 0.185. The first-order valence-electron chi connectivity index (χ1n) is 7.97. The van der Waals surface area contributed by atoms with Crippen LogP contribution < -0.4 is 10.6 Å². The van der Waals surface area contributed by atoms with Crippen LogP contribution in [0.5, 0.6) is 0 Å². The molecule has 0 bridgehead atoms. The number of nitrogens with zero attached hydrogens (tertiary/aromatic N) is 1. The number of halogens is 2. The summed E-state index contributed by atoms with van der Waals surface area (Å²) >= 11 is 5.89. The number of methoxy groups -OCH3 is 1. The van der Waals surface area contributed by atoms with Crippen molar-refractivity contribution < 1.29 is 4.74 Å². The van der Waals surface area contributed by atoms with Crippen LogP contribution >= 0.6 is 35.6 Å². The van der Waals surface area contributed by atoms with Gasteiger partial charge < -0.3 is 15.4 Å². The van der Waals surface area contributed by atoms with E-state index >= 15 is 0 Å². The lowest BCUT2D eigenvalue weighted by Crippen LogP contribution is -2.37. The van der Waals surface area contributed by atoms with Crippen molar-refractivity contribution >= 4 is 41.5 Å². The van der Waals surface area contributed by atoms with Crippen molar-refractivity contribution in [2.75, 3.05) is 20.7 Å². The molecule has 4 nitrogen and oxygen atoms in total. The predicted molar refractivity (Wildman–Crippen MR) is 116 cm³/mol. The van der Waals surface area contributed by atoms with E-state index in [4.69, 9.17) is 16.3 Å². The molecule has 6 heteroatoms. The van der Waals surface area contributed by atoms with Crippen LogP contribution in [-0.2, 0) is 24.3 Å². The lowest BCUT2D eigenvalue weighted by Gasteiger charge is -2.12. The monoisotopic (exact) mass is 473 g/mol. The van der Waals surface area contributed by atoms with Gasteiger partial charge in [-0.15, -0.1) is 24.0 Å². The standard InChI is InChI=1S/C19H24ClN3O.HI/c1-21-19(22-12-11-15-7-9-18(20)10-8-15)23-13-16-3-5-17(6-4-16)14-24-2;/h3-10H,11-14H2,1-2H3,(H2,21,22,23);1H. The van der Waals surface area contributed by atoms with E-state index in [0.29, 0.717) is 6.61 Å². The minimum Gasteiger partial charge on any atom is -0.380 e. The molecule has 2 N–H and O–H groups in total. The molecule has 2 aromatic carbocycles. The van der Waals surface area contributed by atoms with Crippen molar-refractivity contribution in [1.82, 2.24) is 10.6 Å². The van der Waals surface area contributed by atoms with Gasteiger partial charge in [-0.1, -0.05) is 48.0 Å². The normalized spacial score (nSPS) is 10.9. The average Bonchev–Trinajstić information content (AvgIpc) is 2.61. The largest absolute Gasteiger partial charge is 0.380 e. The van der Waals surface area contributed by atoms with E-state index in [1.807, 2.05) is 24.3 Å². The van der Waals surface area contributed by atoms with Crippen molar-refractivity contribution in [3.63, 3.8) is 0 Å². The van der Waals surface area contributed by atoms with Gasteiger partial charge in [-0.2, -0.15) is 0 Å². The predicted octanol–water partition coefficient (Wildman–Crippen LogP) is 4.01. The second-order valence-electron chi connectivity index (χ2n) is 5.48. The van der Waals surface area contributed by atoms with Gasteiger partial charge >= 0.3 is 0 Å². The Bertz CT molecular complexity index is 645. The van der Waals surface area contributed by atoms with Crippen molar-refractivity contribution in [3.8, 4) is 0 Å². The Balaban J connectivity index is 0.00000312. The zero-order valence-corrected chi connectivity index (χ0v) is 17.7. The van der Waals surface area contributed by atoms with Crippen molar-refractivity contribution in [1.29, 1.82) is 0 Å². The molecular weight excluding hydrogens is 449 g/mol. The summed E-state index contributed by atoms with van der Waals surface area (Å²) in [6.07, 6.45) is 0.920. The van der Waals surface area contributed by atoms with Gasteiger partial charge in [0, 0.05) is 32.3 Å². The van der Waals surface area contributed by atoms with E-state index in [1.54, 1.807) is 14.2 Å². The molecule has 0 saturated heterocycles. The Kier molecular flexibility index (Phi) is 10.5. The topological polar surface area (TPSA) is 45.7 Å². The Morgan fingerprint density at radius 2 is 1.56 bits per heavy atom. The molecule has 0 aliphatic carbocycles. The molecule has 0 amide bonds. The maximum Gasteiger partial charge on any atom is 0.191 e. The molecule has 136 valence electrons. The molecule has 0 spiro atoms. The van der Waals surface area contributed by atoms with E-state index in [2.05, 4.69) is 39.9 Å². The summed E-state index contributed by atoms with van der Waals surface area (Å²) in [7, 11) is 3.48. The third kappa shape index (κ3) is 8.07. The maximum atomic E-state index is 5.89. The van der Waals surface area contributed by atoms with Gasteiger partial charge in [0.25, 0.3) is 0 Å². The van der Waals surface area contributed by atoms with Crippen LogP contribution in [0.4, 0.5) is 0 Å². The molecule has 0 heterocycles. The quantitative estimate of drug-likeness (QED) is 0.363. The number of aliphatic imine (C=N–C) groups is 1. The van der Waals surface area contributed by atoms with Crippen LogP contribution in [0, 0.1) is 0 Å². The van der Waals surface area contributed by atoms with Crippen molar-refractivity contribution in [2.24, 2.45) is 4.99 Å². The van der Waals surface area contributed by atoms with Crippen LogP contribution in [0.3, 0.4) is 0 Å². The van der Waals surface area contributed by atoms with Crippen molar-refractivity contribution in [2.45, 2.75) is 19.6 Å². The molecule has 2 rings (SSSR count). The number of hydrogen-bond donors (Lipinski definition) is 2. The van der Waals surface area contributed by atoms with E-state index in [-0.39, 0.29) is 24.0 Å². The first-order chi connectivity index (χ1) is 11.7. The number of benzene rings is 2. The highest BCUT2D eigenvalue weighted by atomic mass is 127. The second kappa shape index (κ2) is 12.1. The summed E-state index contributed by atoms with van der Waals surface area (Å²) in [5.41, 5.74) is 3.62. The number of ether oxygens (including phenoxy) is 1. The highest BCUT2D eigenvalue weighted by Crippen LogP contribution is 2.09. The number of rotatable bonds is 7. The fourth-order valence-electron chi connectivity index (χ4n) is 2.30. The molecular formula is C19H25ClIN3O. The van der Waals surface area contributed by atoms with Gasteiger partial charge in [-0.05, 0) is 35.2 Å². The fraction of sp³-hybridized carbons (Fsp3) is 0.316. The third-order valence-electron chi connectivity index (χ3n) is 3.64. The summed E-state index contributed by atoms with van der Waals surface area (Å²) in [6, 6.07) is 16.3. The number of hydrogen-bond acceptors (Lipinski definition) is 2. The van der Waals surface area contributed by atoms with E-state index in [0.717, 1.165) is 30.5 Å². The third-order valence-corrected chi connectivity index (χ3v) is 3.89. The van der Waals surface area contributed by atoms with Crippen LogP contribution in [0.15, 0.2) is 53.5 Å². The zero-order chi connectivity index (χ0) is 17.2. The van der Waals surface area contributed by atoms with E-state index in [1.165, 1.54) is 16.7 Å². The Morgan fingerprint density at radius 1 is 0.960 bits per heavy atom. The van der Waals surface area contributed by atoms with Gasteiger partial charge in [0.2, 0.25) is 0 Å². The fourth-order valence-corrected chi connectivity index (χ4v) is 2.43. The molecule has 0 aliphatic heterocycles. The summed E-state index contributed by atoms with van der Waals surface area (Å²) in [6.45, 7) is 2.18. The van der Waals surface area contributed by atoms with Crippen LogP contribution in [-0.4, -0.2) is 26.7 Å². The molecule has 0 saturated carbocycles. The smallest absolute Gasteiger partial charge is 0.191 e. The Morgan fingerprint density at radius 3 is 2.16 bits per heavy atom. The molecule has 0 radical (unpaired) electrons. The van der Waals surface area contributed by atoms with Gasteiger partial charge in [-0.3, -0.25) is 4.99 Å². The minimum absolute atomic E-state index is 0. The molecule has 2 aromatic rings. The molecule has 0 unspecified atom stereocenters. The summed E-state index contributed by atoms with van der Waals surface area (Å²) in [5.74, 6) is 0.796. The van der Waals surface area contributed by atoms with Crippen molar-refractivity contribution in [3.05, 3.63) is 70.2 Å². The number of guanidine groups is 1. The lowest BCUT2D eigenvalue weighted by atomic mass is 10.1. The van der Waals surface area contributed by atoms with Crippen LogP contribution in [0.25, 0.3) is 0 Å². The molecule has 25 heavy (non-hydrogen) atoms. The molecule has 0 atom stereocenters. The second-order valence-corrected chi connectivity index (χ2v) is 5.91. The Hall–Kier alpha value is -1.31. The first-order valence-corrected chi connectivity index (χ1v) is 8.35. The number of nitrogens with one attached hydrogen (secondary N) is 2. The summed E-state index contributed by atoms with van der Waals surface area (Å²) < 4.78 is 5.12. The highest BCUT2D eigenvalue weighted by Gasteiger charge is 2.00. The van der Waals surface area contributed by atoms with Gasteiger partial charge in [-0.25, -0.2) is 0 Å². The SMILES string of the molecule is CN=C(NCCc1ccc(Cl)cc1)NCc1ccc(COC)cc1.I. The molecule has 0 fully saturated rings. The van der Waals surface area contributed by atoms with Gasteiger partial charge in [0.15, 0.2) is 5.96 Å². The van der Waals surface area contributed by atoms with E-state index in [9.17, 15) is 0 Å². The van der Waals surface area contributed by atoms with Crippen LogP contribution in [0.1, 0.15) is 16.7 Å². The minimum atomic E-state index is 0.